The molecule has 0 saturated carbocycles. The molecule has 17 heavy (non-hydrogen) atoms. The Hall–Kier alpha value is -1.88. The van der Waals surface area contributed by atoms with Crippen molar-refractivity contribution < 1.29 is 4.79 Å². The Morgan fingerprint density at radius 2 is 2.18 bits per heavy atom. The third kappa shape index (κ3) is 3.04. The number of hydrogen-bond acceptors (Lipinski definition) is 3. The molecule has 2 aromatic rings. The molecule has 0 aliphatic rings. The predicted molar refractivity (Wildman–Crippen MR) is 63.3 cm³/mol. The van der Waals surface area contributed by atoms with Gasteiger partial charge in [0.2, 0.25) is 5.91 Å². The van der Waals surface area contributed by atoms with Gasteiger partial charge in [0.15, 0.2) is 0 Å². The van der Waals surface area contributed by atoms with Crippen molar-refractivity contribution in [3.8, 4) is 0 Å². The maximum Gasteiger partial charge on any atom is 0.242 e. The van der Waals surface area contributed by atoms with Gasteiger partial charge < -0.3 is 5.32 Å². The number of H-pyrrole nitrogens is 1. The summed E-state index contributed by atoms with van der Waals surface area (Å²) in [6.45, 7) is 0.287. The second-order valence-corrected chi connectivity index (χ2v) is 3.86. The van der Waals surface area contributed by atoms with Gasteiger partial charge in [-0.05, 0) is 5.56 Å². The average Bonchev–Trinajstić information content (AvgIpc) is 2.89. The van der Waals surface area contributed by atoms with Crippen LogP contribution in [0.2, 0.25) is 0 Å². The Morgan fingerprint density at radius 3 is 2.82 bits per heavy atom. The first kappa shape index (κ1) is 11.6. The average molecular weight is 251 g/mol. The van der Waals surface area contributed by atoms with Crippen molar-refractivity contribution in [2.45, 2.75) is 11.9 Å². The van der Waals surface area contributed by atoms with E-state index in [-0.39, 0.29) is 12.5 Å². The molecule has 5 nitrogen and oxygen atoms in total. The van der Waals surface area contributed by atoms with Crippen molar-refractivity contribution >= 4 is 17.5 Å². The molecule has 2 N–H and O–H groups in total. The van der Waals surface area contributed by atoms with Crippen LogP contribution in [0.5, 0.6) is 0 Å². The molecule has 2 rings (SSSR count). The minimum atomic E-state index is -0.695. The van der Waals surface area contributed by atoms with Gasteiger partial charge in [0.25, 0.3) is 0 Å². The zero-order valence-corrected chi connectivity index (χ0v) is 9.69. The number of aromatic amines is 1. The van der Waals surface area contributed by atoms with E-state index in [4.69, 9.17) is 11.6 Å². The SMILES string of the molecule is O=C(NCc1ncn[nH]1)C(Cl)c1ccccc1. The molecule has 88 valence electrons. The lowest BCUT2D eigenvalue weighted by atomic mass is 10.1. The second-order valence-electron chi connectivity index (χ2n) is 3.42. The molecule has 0 spiro atoms. The summed E-state index contributed by atoms with van der Waals surface area (Å²) in [6.07, 6.45) is 1.39. The first-order valence-corrected chi connectivity index (χ1v) is 5.52. The number of aromatic nitrogens is 3. The Kier molecular flexibility index (Phi) is 3.72. The van der Waals surface area contributed by atoms with Gasteiger partial charge in [-0.1, -0.05) is 30.3 Å². The van der Waals surface area contributed by atoms with Crippen molar-refractivity contribution in [2.75, 3.05) is 0 Å². The quantitative estimate of drug-likeness (QED) is 0.806. The first-order chi connectivity index (χ1) is 8.27. The lowest BCUT2D eigenvalue weighted by molar-refractivity contribution is -0.121. The Bertz CT molecular complexity index is 471. The summed E-state index contributed by atoms with van der Waals surface area (Å²) in [5.41, 5.74) is 0.768. The van der Waals surface area contributed by atoms with Crippen molar-refractivity contribution in [3.05, 3.63) is 48.0 Å². The highest BCUT2D eigenvalue weighted by Crippen LogP contribution is 2.19. The molecule has 0 aliphatic carbocycles. The second kappa shape index (κ2) is 5.45. The molecule has 0 aliphatic heterocycles. The van der Waals surface area contributed by atoms with Crippen LogP contribution in [0.1, 0.15) is 16.8 Å². The number of nitrogens with one attached hydrogen (secondary N) is 2. The predicted octanol–water partition coefficient (Wildman–Crippen LogP) is 1.40. The number of carbonyl (C=O) groups is 1. The van der Waals surface area contributed by atoms with Crippen molar-refractivity contribution in [2.24, 2.45) is 0 Å². The summed E-state index contributed by atoms with van der Waals surface area (Å²) in [4.78, 5) is 15.6. The summed E-state index contributed by atoms with van der Waals surface area (Å²) in [6, 6.07) is 9.18. The van der Waals surface area contributed by atoms with Crippen LogP contribution < -0.4 is 5.32 Å². The van der Waals surface area contributed by atoms with Crippen molar-refractivity contribution in [3.63, 3.8) is 0 Å². The molecule has 1 heterocycles. The summed E-state index contributed by atoms with van der Waals surface area (Å²) < 4.78 is 0. The molecule has 0 saturated heterocycles. The normalized spacial score (nSPS) is 12.1. The van der Waals surface area contributed by atoms with Gasteiger partial charge in [-0.25, -0.2) is 4.98 Å². The smallest absolute Gasteiger partial charge is 0.242 e. The van der Waals surface area contributed by atoms with Gasteiger partial charge in [0, 0.05) is 0 Å². The summed E-state index contributed by atoms with van der Waals surface area (Å²) >= 11 is 6.04. The number of alkyl halides is 1. The van der Waals surface area contributed by atoms with E-state index in [2.05, 4.69) is 20.5 Å². The zero-order valence-electron chi connectivity index (χ0n) is 8.93. The summed E-state index contributed by atoms with van der Waals surface area (Å²) in [5.74, 6) is 0.338. The highest BCUT2D eigenvalue weighted by Gasteiger charge is 2.16. The van der Waals surface area contributed by atoms with E-state index in [1.54, 1.807) is 0 Å². The topological polar surface area (TPSA) is 70.7 Å². The standard InChI is InChI=1S/C11H11ClN4O/c12-10(8-4-2-1-3-5-8)11(17)13-6-9-14-7-15-16-9/h1-5,7,10H,6H2,(H,13,17)(H,14,15,16). The molecule has 1 aromatic heterocycles. The van der Waals surface area contributed by atoms with Gasteiger partial charge in [-0.3, -0.25) is 9.89 Å². The molecule has 1 amide bonds. The molecule has 0 bridgehead atoms. The third-order valence-corrected chi connectivity index (χ3v) is 2.67. The summed E-state index contributed by atoms with van der Waals surface area (Å²) in [7, 11) is 0. The van der Waals surface area contributed by atoms with Gasteiger partial charge >= 0.3 is 0 Å². The first-order valence-electron chi connectivity index (χ1n) is 5.08. The van der Waals surface area contributed by atoms with Crippen LogP contribution in [0.3, 0.4) is 0 Å². The van der Waals surface area contributed by atoms with Crippen LogP contribution in [0.15, 0.2) is 36.7 Å². The van der Waals surface area contributed by atoms with Gasteiger partial charge in [-0.15, -0.1) is 11.6 Å². The fourth-order valence-corrected chi connectivity index (χ4v) is 1.57. The fraction of sp³-hybridized carbons (Fsp3) is 0.182. The van der Waals surface area contributed by atoms with Crippen LogP contribution in [0, 0.1) is 0 Å². The lowest BCUT2D eigenvalue weighted by Gasteiger charge is -2.09. The van der Waals surface area contributed by atoms with Crippen molar-refractivity contribution in [1.29, 1.82) is 0 Å². The zero-order chi connectivity index (χ0) is 12.1. The molecule has 6 heteroatoms. The van der Waals surface area contributed by atoms with E-state index in [0.29, 0.717) is 5.82 Å². The Balaban J connectivity index is 1.92. The van der Waals surface area contributed by atoms with Crippen LogP contribution in [0.4, 0.5) is 0 Å². The van der Waals surface area contributed by atoms with Crippen LogP contribution >= 0.6 is 11.6 Å². The number of benzene rings is 1. The number of nitrogens with zero attached hydrogens (tertiary/aromatic N) is 2. The van der Waals surface area contributed by atoms with Crippen LogP contribution in [-0.4, -0.2) is 21.1 Å². The fourth-order valence-electron chi connectivity index (χ4n) is 1.35. The maximum absolute atomic E-state index is 11.7. The number of halogens is 1. The van der Waals surface area contributed by atoms with E-state index < -0.39 is 5.38 Å². The van der Waals surface area contributed by atoms with E-state index >= 15 is 0 Å². The van der Waals surface area contributed by atoms with E-state index in [1.807, 2.05) is 30.3 Å². The maximum atomic E-state index is 11.7. The molecule has 1 atom stereocenters. The molecular formula is C11H11ClN4O. The highest BCUT2D eigenvalue weighted by atomic mass is 35.5. The van der Waals surface area contributed by atoms with Gasteiger partial charge in [0.05, 0.1) is 6.54 Å². The van der Waals surface area contributed by atoms with Crippen LogP contribution in [-0.2, 0) is 11.3 Å². The van der Waals surface area contributed by atoms with E-state index in [1.165, 1.54) is 6.33 Å². The summed E-state index contributed by atoms with van der Waals surface area (Å²) in [5, 5.41) is 8.32. The van der Waals surface area contributed by atoms with Gasteiger partial charge in [0.1, 0.15) is 17.5 Å². The minimum Gasteiger partial charge on any atom is -0.347 e. The molecule has 1 aromatic carbocycles. The molecule has 0 fully saturated rings. The Morgan fingerprint density at radius 1 is 1.41 bits per heavy atom. The van der Waals surface area contributed by atoms with E-state index in [0.717, 1.165) is 5.56 Å². The molecule has 1 unspecified atom stereocenters. The van der Waals surface area contributed by atoms with Crippen LogP contribution in [0.25, 0.3) is 0 Å². The number of rotatable bonds is 4. The Labute approximate surface area is 103 Å². The monoisotopic (exact) mass is 250 g/mol. The number of hydrogen-bond donors (Lipinski definition) is 2. The number of amides is 1. The largest absolute Gasteiger partial charge is 0.347 e. The van der Waals surface area contributed by atoms with Crippen molar-refractivity contribution in [1.82, 2.24) is 20.5 Å². The van der Waals surface area contributed by atoms with E-state index in [9.17, 15) is 4.79 Å². The minimum absolute atomic E-state index is 0.255. The third-order valence-electron chi connectivity index (χ3n) is 2.22. The molecule has 0 radical (unpaired) electrons. The molecular weight excluding hydrogens is 240 g/mol. The highest BCUT2D eigenvalue weighted by molar-refractivity contribution is 6.30. The lowest BCUT2D eigenvalue weighted by Crippen LogP contribution is -2.26. The number of carbonyl (C=O) groups excluding carboxylic acids is 1. The van der Waals surface area contributed by atoms with Gasteiger partial charge in [-0.2, -0.15) is 5.10 Å².